The van der Waals surface area contributed by atoms with E-state index >= 15 is 0 Å². The Morgan fingerprint density at radius 1 is 1.11 bits per heavy atom. The second-order valence-electron chi connectivity index (χ2n) is 7.48. The summed E-state index contributed by atoms with van der Waals surface area (Å²) in [6.07, 6.45) is 12.9. The number of aromatic nitrogens is 7. The maximum absolute atomic E-state index is 9.22. The second kappa shape index (κ2) is 5.51. The van der Waals surface area contributed by atoms with Crippen LogP contribution in [0.25, 0.3) is 28.0 Å². The van der Waals surface area contributed by atoms with Crippen LogP contribution in [-0.2, 0) is 7.05 Å². The lowest BCUT2D eigenvalue weighted by Crippen LogP contribution is -2.35. The van der Waals surface area contributed by atoms with Crippen LogP contribution in [0.5, 0.6) is 0 Å². The number of nitriles is 1. The smallest absolute Gasteiger partial charge is 0.0999 e. The Labute approximate surface area is 155 Å². The molecular formula is C19H18N8. The maximum atomic E-state index is 9.22. The number of fused-ring (bicyclic) bond motifs is 1. The van der Waals surface area contributed by atoms with Crippen molar-refractivity contribution in [3.63, 3.8) is 0 Å². The van der Waals surface area contributed by atoms with Crippen LogP contribution in [0.2, 0.25) is 0 Å². The van der Waals surface area contributed by atoms with Crippen LogP contribution in [0.1, 0.15) is 25.8 Å². The van der Waals surface area contributed by atoms with E-state index in [1.165, 1.54) is 0 Å². The van der Waals surface area contributed by atoms with E-state index in [-0.39, 0.29) is 11.5 Å². The third-order valence-corrected chi connectivity index (χ3v) is 5.28. The molecule has 1 saturated carbocycles. The highest BCUT2D eigenvalue weighted by molar-refractivity contribution is 5.78. The van der Waals surface area contributed by atoms with Gasteiger partial charge in [-0.25, -0.2) is 9.50 Å². The molecule has 0 amide bonds. The van der Waals surface area contributed by atoms with Gasteiger partial charge in [0.05, 0.1) is 59.2 Å². The Bertz CT molecular complexity index is 1180. The van der Waals surface area contributed by atoms with Crippen LogP contribution < -0.4 is 0 Å². The molecule has 1 aliphatic carbocycles. The summed E-state index contributed by atoms with van der Waals surface area (Å²) in [6.45, 7) is 2.00. The summed E-state index contributed by atoms with van der Waals surface area (Å²) in [6, 6.07) is 4.61. The average molecular weight is 358 g/mol. The van der Waals surface area contributed by atoms with Gasteiger partial charge in [-0.1, -0.05) is 0 Å². The molecule has 8 heteroatoms. The van der Waals surface area contributed by atoms with Crippen molar-refractivity contribution in [2.24, 2.45) is 12.5 Å². The van der Waals surface area contributed by atoms with Gasteiger partial charge in [0.25, 0.3) is 0 Å². The van der Waals surface area contributed by atoms with Crippen LogP contribution >= 0.6 is 0 Å². The van der Waals surface area contributed by atoms with E-state index in [4.69, 9.17) is 4.98 Å². The fourth-order valence-electron chi connectivity index (χ4n) is 3.75. The molecule has 0 unspecified atom stereocenters. The van der Waals surface area contributed by atoms with Crippen LogP contribution in [0.3, 0.4) is 0 Å². The van der Waals surface area contributed by atoms with Gasteiger partial charge in [-0.2, -0.15) is 20.6 Å². The molecule has 0 aromatic carbocycles. The SMILES string of the molecule is Cn1cc(-c2cn3nccc3c(-c3cnn(C4CC(C)(C#N)C4)c3)n2)cn1. The average Bonchev–Trinajstić information content (AvgIpc) is 3.38. The zero-order valence-corrected chi connectivity index (χ0v) is 15.1. The molecule has 0 radical (unpaired) electrons. The van der Waals surface area contributed by atoms with Gasteiger partial charge < -0.3 is 0 Å². The minimum atomic E-state index is -0.228. The van der Waals surface area contributed by atoms with Crippen molar-refractivity contribution in [3.8, 4) is 28.6 Å². The highest BCUT2D eigenvalue weighted by Crippen LogP contribution is 2.47. The molecular weight excluding hydrogens is 340 g/mol. The molecule has 1 fully saturated rings. The van der Waals surface area contributed by atoms with Crippen molar-refractivity contribution < 1.29 is 0 Å². The van der Waals surface area contributed by atoms with Crippen LogP contribution in [0, 0.1) is 16.7 Å². The molecule has 134 valence electrons. The molecule has 4 aromatic heterocycles. The van der Waals surface area contributed by atoms with Gasteiger partial charge >= 0.3 is 0 Å². The summed E-state index contributed by atoms with van der Waals surface area (Å²) in [5.74, 6) is 0. The van der Waals surface area contributed by atoms with Gasteiger partial charge in [0.15, 0.2) is 0 Å². The van der Waals surface area contributed by atoms with E-state index in [0.717, 1.165) is 40.9 Å². The van der Waals surface area contributed by atoms with Crippen molar-refractivity contribution in [2.45, 2.75) is 25.8 Å². The molecule has 0 bridgehead atoms. The normalized spacial score (nSPS) is 21.9. The lowest BCUT2D eigenvalue weighted by molar-refractivity contribution is 0.133. The summed E-state index contributed by atoms with van der Waals surface area (Å²) in [5.41, 5.74) is 4.22. The number of nitrogens with zero attached hydrogens (tertiary/aromatic N) is 8. The predicted molar refractivity (Wildman–Crippen MR) is 98.4 cm³/mol. The first kappa shape index (κ1) is 15.8. The lowest BCUT2D eigenvalue weighted by atomic mass is 9.68. The Hall–Kier alpha value is -3.47. The largest absolute Gasteiger partial charge is 0.275 e. The summed E-state index contributed by atoms with van der Waals surface area (Å²) >= 11 is 0. The predicted octanol–water partition coefficient (Wildman–Crippen LogP) is 2.86. The van der Waals surface area contributed by atoms with Gasteiger partial charge in [-0.15, -0.1) is 0 Å². The first-order chi connectivity index (χ1) is 13.0. The van der Waals surface area contributed by atoms with E-state index in [0.29, 0.717) is 0 Å². The monoisotopic (exact) mass is 358 g/mol. The van der Waals surface area contributed by atoms with E-state index in [9.17, 15) is 5.26 Å². The van der Waals surface area contributed by atoms with Crippen LogP contribution in [0.15, 0.2) is 43.2 Å². The zero-order valence-electron chi connectivity index (χ0n) is 15.1. The van der Waals surface area contributed by atoms with E-state index < -0.39 is 0 Å². The standard InChI is InChI=1S/C19H18N8/c1-19(12-20)5-15(6-19)26-10-14(8-23-26)18-17-3-4-21-27(17)11-16(24-18)13-7-22-25(2)9-13/h3-4,7-11,15H,5-6H2,1-2H3. The second-order valence-corrected chi connectivity index (χ2v) is 7.48. The molecule has 4 heterocycles. The summed E-state index contributed by atoms with van der Waals surface area (Å²) < 4.78 is 5.54. The molecule has 4 aromatic rings. The Kier molecular flexibility index (Phi) is 3.22. The van der Waals surface area contributed by atoms with Crippen molar-refractivity contribution in [3.05, 3.63) is 43.2 Å². The quantitative estimate of drug-likeness (QED) is 0.562. The van der Waals surface area contributed by atoms with Gasteiger partial charge in [-0.05, 0) is 25.8 Å². The van der Waals surface area contributed by atoms with E-state index in [1.54, 1.807) is 17.1 Å². The molecule has 0 spiro atoms. The minimum absolute atomic E-state index is 0.228. The zero-order chi connectivity index (χ0) is 18.6. The first-order valence-electron chi connectivity index (χ1n) is 8.84. The Morgan fingerprint density at radius 2 is 1.93 bits per heavy atom. The van der Waals surface area contributed by atoms with E-state index in [2.05, 4.69) is 21.4 Å². The molecule has 1 aliphatic rings. The van der Waals surface area contributed by atoms with Crippen molar-refractivity contribution >= 4 is 5.52 Å². The summed E-state index contributed by atoms with van der Waals surface area (Å²) in [7, 11) is 1.88. The molecule has 0 saturated heterocycles. The highest BCUT2D eigenvalue weighted by Gasteiger charge is 2.42. The minimum Gasteiger partial charge on any atom is -0.275 e. The molecule has 27 heavy (non-hydrogen) atoms. The van der Waals surface area contributed by atoms with Crippen LogP contribution in [0.4, 0.5) is 0 Å². The molecule has 5 rings (SSSR count). The molecule has 0 aliphatic heterocycles. The van der Waals surface area contributed by atoms with Gasteiger partial charge in [0, 0.05) is 30.6 Å². The molecule has 0 N–H and O–H groups in total. The number of hydrogen-bond acceptors (Lipinski definition) is 5. The van der Waals surface area contributed by atoms with Crippen molar-refractivity contribution in [1.29, 1.82) is 5.26 Å². The topological polar surface area (TPSA) is 89.6 Å². The Balaban J connectivity index is 1.55. The third-order valence-electron chi connectivity index (χ3n) is 5.28. The summed E-state index contributed by atoms with van der Waals surface area (Å²) in [4.78, 5) is 4.87. The lowest BCUT2D eigenvalue weighted by Gasteiger charge is -2.39. The van der Waals surface area contributed by atoms with Gasteiger partial charge in [0.2, 0.25) is 0 Å². The molecule has 8 nitrogen and oxygen atoms in total. The number of hydrogen-bond donors (Lipinski definition) is 0. The van der Waals surface area contributed by atoms with E-state index in [1.807, 2.05) is 54.0 Å². The van der Waals surface area contributed by atoms with Crippen molar-refractivity contribution in [2.75, 3.05) is 0 Å². The fourth-order valence-corrected chi connectivity index (χ4v) is 3.75. The van der Waals surface area contributed by atoms with Gasteiger partial charge in [-0.3, -0.25) is 9.36 Å². The Morgan fingerprint density at radius 3 is 2.67 bits per heavy atom. The fraction of sp³-hybridized carbons (Fsp3) is 0.316. The molecule has 0 atom stereocenters. The maximum Gasteiger partial charge on any atom is 0.0999 e. The number of rotatable bonds is 3. The first-order valence-corrected chi connectivity index (χ1v) is 8.84. The van der Waals surface area contributed by atoms with Crippen molar-refractivity contribution in [1.82, 2.24) is 34.2 Å². The number of aryl methyl sites for hydroxylation is 1. The van der Waals surface area contributed by atoms with Gasteiger partial charge in [0.1, 0.15) is 0 Å². The highest BCUT2D eigenvalue weighted by atomic mass is 15.3. The summed E-state index contributed by atoms with van der Waals surface area (Å²) in [5, 5.41) is 22.4. The third kappa shape index (κ3) is 2.51. The van der Waals surface area contributed by atoms with Crippen LogP contribution in [-0.4, -0.2) is 34.2 Å².